The van der Waals surface area contributed by atoms with E-state index < -0.39 is 17.8 Å². The lowest BCUT2D eigenvalue weighted by atomic mass is 9.83. The summed E-state index contributed by atoms with van der Waals surface area (Å²) in [6, 6.07) is 3.98. The fraction of sp³-hybridized carbons (Fsp3) is 0.611. The molecule has 132 valence electrons. The minimum atomic E-state index is -0.817. The predicted octanol–water partition coefficient (Wildman–Crippen LogP) is 1.74. The van der Waals surface area contributed by atoms with Gasteiger partial charge in [-0.3, -0.25) is 19.5 Å². The van der Waals surface area contributed by atoms with Crippen LogP contribution in [0.25, 0.3) is 0 Å². The molecule has 2 rings (SSSR count). The SMILES string of the molecule is CCCCOC(=O)C(C(N)=O)C1CCN(Cc2cccnc2)CC1. The average molecular weight is 333 g/mol. The van der Waals surface area contributed by atoms with Crippen LogP contribution in [0.2, 0.25) is 0 Å². The molecule has 24 heavy (non-hydrogen) atoms. The third-order valence-electron chi connectivity index (χ3n) is 4.54. The van der Waals surface area contributed by atoms with Crippen molar-refractivity contribution in [2.24, 2.45) is 17.6 Å². The largest absolute Gasteiger partial charge is 0.465 e. The minimum absolute atomic E-state index is 0.0261. The lowest BCUT2D eigenvalue weighted by molar-refractivity contribution is -0.155. The van der Waals surface area contributed by atoms with E-state index in [0.29, 0.717) is 6.61 Å². The summed E-state index contributed by atoms with van der Waals surface area (Å²) < 4.78 is 5.22. The number of esters is 1. The van der Waals surface area contributed by atoms with Gasteiger partial charge in [0.1, 0.15) is 5.92 Å². The number of primary amides is 1. The van der Waals surface area contributed by atoms with Gasteiger partial charge < -0.3 is 10.5 Å². The molecule has 0 spiro atoms. The second-order valence-corrected chi connectivity index (χ2v) is 6.38. The topological polar surface area (TPSA) is 85.5 Å². The van der Waals surface area contributed by atoms with Crippen molar-refractivity contribution >= 4 is 11.9 Å². The minimum Gasteiger partial charge on any atom is -0.465 e. The van der Waals surface area contributed by atoms with Crippen LogP contribution in [0, 0.1) is 11.8 Å². The Bertz CT molecular complexity index is 528. The second-order valence-electron chi connectivity index (χ2n) is 6.38. The first-order chi connectivity index (χ1) is 11.6. The summed E-state index contributed by atoms with van der Waals surface area (Å²) in [6.07, 6.45) is 6.93. The molecule has 1 atom stereocenters. The number of unbranched alkanes of at least 4 members (excludes halogenated alkanes) is 1. The molecule has 1 aliphatic rings. The number of nitrogens with two attached hydrogens (primary N) is 1. The van der Waals surface area contributed by atoms with Gasteiger partial charge >= 0.3 is 5.97 Å². The molecule has 6 nitrogen and oxygen atoms in total. The van der Waals surface area contributed by atoms with Crippen LogP contribution in [0.4, 0.5) is 0 Å². The molecule has 1 fully saturated rings. The Morgan fingerprint density at radius 2 is 2.17 bits per heavy atom. The highest BCUT2D eigenvalue weighted by Crippen LogP contribution is 2.27. The van der Waals surface area contributed by atoms with E-state index in [-0.39, 0.29) is 5.92 Å². The summed E-state index contributed by atoms with van der Waals surface area (Å²) in [7, 11) is 0. The van der Waals surface area contributed by atoms with E-state index in [1.165, 1.54) is 5.56 Å². The van der Waals surface area contributed by atoms with E-state index >= 15 is 0 Å². The van der Waals surface area contributed by atoms with Crippen LogP contribution in [0.15, 0.2) is 24.5 Å². The van der Waals surface area contributed by atoms with Gasteiger partial charge in [0, 0.05) is 18.9 Å². The molecule has 6 heteroatoms. The molecule has 0 saturated carbocycles. The number of hydrogen-bond donors (Lipinski definition) is 1. The Balaban J connectivity index is 1.86. The summed E-state index contributed by atoms with van der Waals surface area (Å²) in [4.78, 5) is 30.4. The number of ether oxygens (including phenoxy) is 1. The number of rotatable bonds is 8. The maximum atomic E-state index is 12.2. The highest BCUT2D eigenvalue weighted by atomic mass is 16.5. The van der Waals surface area contributed by atoms with E-state index in [9.17, 15) is 9.59 Å². The van der Waals surface area contributed by atoms with Crippen LogP contribution in [-0.2, 0) is 20.9 Å². The summed E-state index contributed by atoms with van der Waals surface area (Å²) in [5.41, 5.74) is 6.64. The average Bonchev–Trinajstić information content (AvgIpc) is 2.57. The number of piperidine rings is 1. The molecule has 2 heterocycles. The molecule has 0 aromatic carbocycles. The second kappa shape index (κ2) is 9.37. The molecule has 1 saturated heterocycles. The lowest BCUT2D eigenvalue weighted by Crippen LogP contribution is -2.43. The number of carbonyl (C=O) groups excluding carboxylic acids is 2. The molecule has 0 aliphatic carbocycles. The van der Waals surface area contributed by atoms with E-state index in [2.05, 4.69) is 16.0 Å². The number of aromatic nitrogens is 1. The highest BCUT2D eigenvalue weighted by molar-refractivity contribution is 5.97. The van der Waals surface area contributed by atoms with Gasteiger partial charge in [-0.1, -0.05) is 19.4 Å². The molecule has 0 bridgehead atoms. The fourth-order valence-corrected chi connectivity index (χ4v) is 3.14. The Labute approximate surface area is 143 Å². The van der Waals surface area contributed by atoms with Gasteiger partial charge in [0.25, 0.3) is 0 Å². The molecular weight excluding hydrogens is 306 g/mol. The quantitative estimate of drug-likeness (QED) is 0.445. The van der Waals surface area contributed by atoms with Crippen LogP contribution in [0.5, 0.6) is 0 Å². The number of hydrogen-bond acceptors (Lipinski definition) is 5. The summed E-state index contributed by atoms with van der Waals surface area (Å²) >= 11 is 0. The monoisotopic (exact) mass is 333 g/mol. The van der Waals surface area contributed by atoms with Crippen LogP contribution in [-0.4, -0.2) is 41.5 Å². The van der Waals surface area contributed by atoms with Crippen LogP contribution in [0.1, 0.15) is 38.2 Å². The number of likely N-dealkylation sites (tertiary alicyclic amines) is 1. The number of carbonyl (C=O) groups is 2. The van der Waals surface area contributed by atoms with Crippen molar-refractivity contribution in [1.29, 1.82) is 0 Å². The fourth-order valence-electron chi connectivity index (χ4n) is 3.14. The number of pyridine rings is 1. The Kier molecular flexibility index (Phi) is 7.18. The molecule has 1 unspecified atom stereocenters. The third-order valence-corrected chi connectivity index (χ3v) is 4.54. The van der Waals surface area contributed by atoms with E-state index in [0.717, 1.165) is 45.3 Å². The highest BCUT2D eigenvalue weighted by Gasteiger charge is 2.36. The van der Waals surface area contributed by atoms with Gasteiger partial charge in [-0.25, -0.2) is 0 Å². The molecular formula is C18H27N3O3. The Hall–Kier alpha value is -1.95. The lowest BCUT2D eigenvalue weighted by Gasteiger charge is -2.34. The van der Waals surface area contributed by atoms with Crippen LogP contribution in [0.3, 0.4) is 0 Å². The van der Waals surface area contributed by atoms with Gasteiger partial charge in [-0.2, -0.15) is 0 Å². The van der Waals surface area contributed by atoms with Gasteiger partial charge in [0.05, 0.1) is 6.61 Å². The van der Waals surface area contributed by atoms with Gasteiger partial charge in [0.2, 0.25) is 5.91 Å². The van der Waals surface area contributed by atoms with Crippen molar-refractivity contribution in [3.63, 3.8) is 0 Å². The Morgan fingerprint density at radius 3 is 2.75 bits per heavy atom. The third kappa shape index (κ3) is 5.30. The first-order valence-corrected chi connectivity index (χ1v) is 8.69. The molecule has 1 aliphatic heterocycles. The zero-order chi connectivity index (χ0) is 17.4. The van der Waals surface area contributed by atoms with Crippen molar-refractivity contribution in [3.8, 4) is 0 Å². The summed E-state index contributed by atoms with van der Waals surface area (Å²) in [5.74, 6) is -1.87. The molecule has 2 N–H and O–H groups in total. The van der Waals surface area contributed by atoms with Crippen LogP contribution >= 0.6 is 0 Å². The van der Waals surface area contributed by atoms with Crippen molar-refractivity contribution < 1.29 is 14.3 Å². The molecule has 1 amide bonds. The van der Waals surface area contributed by atoms with E-state index in [4.69, 9.17) is 10.5 Å². The standard InChI is InChI=1S/C18H27N3O3/c1-2-3-11-24-18(23)16(17(19)22)15-6-9-21(10-7-15)13-14-5-4-8-20-12-14/h4-5,8,12,15-16H,2-3,6-7,9-11,13H2,1H3,(H2,19,22). The van der Waals surface area contributed by atoms with Crippen molar-refractivity contribution in [3.05, 3.63) is 30.1 Å². The van der Waals surface area contributed by atoms with Crippen molar-refractivity contribution in [2.75, 3.05) is 19.7 Å². The number of nitrogens with zero attached hydrogens (tertiary/aromatic N) is 2. The first-order valence-electron chi connectivity index (χ1n) is 8.69. The Morgan fingerprint density at radius 1 is 1.42 bits per heavy atom. The maximum absolute atomic E-state index is 12.2. The van der Waals surface area contributed by atoms with Crippen molar-refractivity contribution in [1.82, 2.24) is 9.88 Å². The zero-order valence-corrected chi connectivity index (χ0v) is 14.3. The summed E-state index contributed by atoms with van der Waals surface area (Å²) in [6.45, 7) is 4.90. The number of amides is 1. The smallest absolute Gasteiger partial charge is 0.318 e. The van der Waals surface area contributed by atoms with Crippen molar-refractivity contribution in [2.45, 2.75) is 39.2 Å². The van der Waals surface area contributed by atoms with E-state index in [1.54, 1.807) is 6.20 Å². The van der Waals surface area contributed by atoms with Gasteiger partial charge in [0.15, 0.2) is 0 Å². The normalized spacial score (nSPS) is 17.4. The molecule has 0 radical (unpaired) electrons. The predicted molar refractivity (Wildman–Crippen MR) is 90.8 cm³/mol. The maximum Gasteiger partial charge on any atom is 0.318 e. The van der Waals surface area contributed by atoms with Gasteiger partial charge in [-0.05, 0) is 49.9 Å². The van der Waals surface area contributed by atoms with Gasteiger partial charge in [-0.15, -0.1) is 0 Å². The summed E-state index contributed by atoms with van der Waals surface area (Å²) in [5, 5.41) is 0. The molecule has 1 aromatic heterocycles. The first kappa shape index (κ1) is 18.4. The van der Waals surface area contributed by atoms with E-state index in [1.807, 2.05) is 19.2 Å². The van der Waals surface area contributed by atoms with Crippen LogP contribution < -0.4 is 5.73 Å². The zero-order valence-electron chi connectivity index (χ0n) is 14.3. The molecule has 1 aromatic rings.